The van der Waals surface area contributed by atoms with Crippen molar-refractivity contribution in [2.24, 2.45) is 11.7 Å². The lowest BCUT2D eigenvalue weighted by Crippen LogP contribution is -2.22. The van der Waals surface area contributed by atoms with Crippen LogP contribution in [0.3, 0.4) is 0 Å². The van der Waals surface area contributed by atoms with Crippen molar-refractivity contribution < 1.29 is 8.80 Å². The molecule has 0 aliphatic heterocycles. The van der Waals surface area contributed by atoms with Crippen molar-refractivity contribution in [3.8, 4) is 34.0 Å². The van der Waals surface area contributed by atoms with Gasteiger partial charge in [-0.2, -0.15) is 0 Å². The summed E-state index contributed by atoms with van der Waals surface area (Å²) in [5, 5.41) is 4.26. The van der Waals surface area contributed by atoms with E-state index in [0.717, 1.165) is 41.6 Å². The van der Waals surface area contributed by atoms with E-state index in [1.165, 1.54) is 0 Å². The van der Waals surface area contributed by atoms with Crippen molar-refractivity contribution in [1.82, 2.24) is 19.7 Å². The SMILES string of the molecule is Cc1ncc(-c2ccc(=O)n(C3CCC(C)C3)c2)nc1-c1cc(-c2cccc(C(C)N)c2)no1.[HH].[HH].[HH]. The van der Waals surface area contributed by atoms with E-state index in [2.05, 4.69) is 17.1 Å². The van der Waals surface area contributed by atoms with Gasteiger partial charge in [-0.15, -0.1) is 0 Å². The van der Waals surface area contributed by atoms with Gasteiger partial charge in [0.05, 0.1) is 17.6 Å². The zero-order valence-corrected chi connectivity index (χ0v) is 19.7. The second-order valence-electron chi connectivity index (χ2n) is 9.42. The lowest BCUT2D eigenvalue weighted by molar-refractivity contribution is 0.433. The molecular weight excluding hydrogens is 426 g/mol. The van der Waals surface area contributed by atoms with Crippen LogP contribution in [0.25, 0.3) is 34.0 Å². The number of hydrogen-bond acceptors (Lipinski definition) is 6. The van der Waals surface area contributed by atoms with Crippen LogP contribution >= 0.6 is 0 Å². The molecule has 3 aromatic heterocycles. The minimum Gasteiger partial charge on any atom is -0.354 e. The average molecular weight is 462 g/mol. The highest BCUT2D eigenvalue weighted by Crippen LogP contribution is 2.34. The van der Waals surface area contributed by atoms with E-state index in [0.29, 0.717) is 28.8 Å². The van der Waals surface area contributed by atoms with Crippen molar-refractivity contribution in [3.63, 3.8) is 0 Å². The topological polar surface area (TPSA) is 99.8 Å². The van der Waals surface area contributed by atoms with Crippen LogP contribution in [-0.2, 0) is 0 Å². The van der Waals surface area contributed by atoms with E-state index in [-0.39, 0.29) is 21.9 Å². The van der Waals surface area contributed by atoms with Crippen LogP contribution in [0.2, 0.25) is 0 Å². The summed E-state index contributed by atoms with van der Waals surface area (Å²) >= 11 is 0. The highest BCUT2D eigenvalue weighted by atomic mass is 16.5. The minimum atomic E-state index is -0.0631. The molecule has 0 saturated heterocycles. The quantitative estimate of drug-likeness (QED) is 0.388. The number of hydrogen-bond donors (Lipinski definition) is 1. The molecule has 0 radical (unpaired) electrons. The van der Waals surface area contributed by atoms with Crippen molar-refractivity contribution >= 4 is 0 Å². The van der Waals surface area contributed by atoms with Crippen molar-refractivity contribution in [3.05, 3.63) is 76.5 Å². The first kappa shape index (κ1) is 22.2. The lowest BCUT2D eigenvalue weighted by Gasteiger charge is -2.15. The molecule has 34 heavy (non-hydrogen) atoms. The Kier molecular flexibility index (Phi) is 5.87. The van der Waals surface area contributed by atoms with Gasteiger partial charge in [0.2, 0.25) is 0 Å². The van der Waals surface area contributed by atoms with Crippen molar-refractivity contribution in [2.75, 3.05) is 0 Å². The minimum absolute atomic E-state index is 0. The standard InChI is InChI=1S/C27H29N5O2.3H2/c1-16-7-9-22(11-16)32-15-21(8-10-26(32)33)24-14-29-18(3)27(30-24)25-13-23(31-34-25)20-6-4-5-19(12-20)17(2)28;;;/h4-6,8,10,12-17,22H,7,9,11,28H2,1-3H3;3*1H. The molecular formula is C27H35N5O2. The monoisotopic (exact) mass is 461 g/mol. The number of rotatable bonds is 5. The zero-order chi connectivity index (χ0) is 23.8. The molecule has 0 amide bonds. The average Bonchev–Trinajstić information content (AvgIpc) is 3.49. The van der Waals surface area contributed by atoms with Gasteiger partial charge in [0.15, 0.2) is 5.76 Å². The first-order chi connectivity index (χ1) is 16.4. The van der Waals surface area contributed by atoms with E-state index in [4.69, 9.17) is 15.2 Å². The molecule has 4 aromatic rings. The Labute approximate surface area is 203 Å². The smallest absolute Gasteiger partial charge is 0.250 e. The molecule has 3 heterocycles. The second-order valence-corrected chi connectivity index (χ2v) is 9.42. The zero-order valence-electron chi connectivity index (χ0n) is 19.7. The third-order valence-corrected chi connectivity index (χ3v) is 6.70. The molecule has 0 bridgehead atoms. The summed E-state index contributed by atoms with van der Waals surface area (Å²) in [6.45, 7) is 6.09. The Bertz CT molecular complexity index is 1400. The van der Waals surface area contributed by atoms with Crippen LogP contribution in [0.5, 0.6) is 0 Å². The van der Waals surface area contributed by atoms with Gasteiger partial charge in [-0.25, -0.2) is 4.98 Å². The highest BCUT2D eigenvalue weighted by molar-refractivity contribution is 5.68. The van der Waals surface area contributed by atoms with Crippen LogP contribution < -0.4 is 11.3 Å². The van der Waals surface area contributed by atoms with Gasteiger partial charge >= 0.3 is 0 Å². The Morgan fingerprint density at radius 3 is 2.76 bits per heavy atom. The molecule has 1 aromatic carbocycles. The Hall–Kier alpha value is -3.58. The number of aromatic nitrogens is 4. The third-order valence-electron chi connectivity index (χ3n) is 6.70. The van der Waals surface area contributed by atoms with Crippen LogP contribution in [0, 0.1) is 12.8 Å². The molecule has 0 spiro atoms. The Morgan fingerprint density at radius 1 is 1.15 bits per heavy atom. The summed E-state index contributed by atoms with van der Waals surface area (Å²) in [6.07, 6.45) is 6.86. The van der Waals surface area contributed by atoms with Crippen molar-refractivity contribution in [2.45, 2.75) is 52.1 Å². The molecule has 1 aliphatic rings. The van der Waals surface area contributed by atoms with Crippen LogP contribution in [0.4, 0.5) is 0 Å². The van der Waals surface area contributed by atoms with E-state index in [1.807, 2.05) is 61.0 Å². The summed E-state index contributed by atoms with van der Waals surface area (Å²) in [4.78, 5) is 21.9. The summed E-state index contributed by atoms with van der Waals surface area (Å²) in [6, 6.07) is 13.5. The fourth-order valence-corrected chi connectivity index (χ4v) is 4.70. The van der Waals surface area contributed by atoms with Gasteiger partial charge in [0.25, 0.3) is 5.56 Å². The van der Waals surface area contributed by atoms with Gasteiger partial charge in [-0.1, -0.05) is 30.3 Å². The number of nitrogens with two attached hydrogens (primary N) is 1. The predicted octanol–water partition coefficient (Wildman–Crippen LogP) is 6.05. The second kappa shape index (κ2) is 8.99. The van der Waals surface area contributed by atoms with Crippen molar-refractivity contribution in [1.29, 1.82) is 0 Å². The third kappa shape index (κ3) is 4.31. The number of benzene rings is 1. The molecule has 1 saturated carbocycles. The highest BCUT2D eigenvalue weighted by Gasteiger charge is 2.24. The molecule has 2 N–H and O–H groups in total. The largest absolute Gasteiger partial charge is 0.354 e. The van der Waals surface area contributed by atoms with Gasteiger partial charge in [0, 0.05) is 45.8 Å². The lowest BCUT2D eigenvalue weighted by atomic mass is 10.0. The van der Waals surface area contributed by atoms with Crippen LogP contribution in [0.1, 0.15) is 60.7 Å². The maximum Gasteiger partial charge on any atom is 0.250 e. The maximum absolute atomic E-state index is 12.5. The number of aryl methyl sites for hydroxylation is 1. The summed E-state index contributed by atoms with van der Waals surface area (Å²) in [5.41, 5.74) is 11.7. The first-order valence-corrected chi connectivity index (χ1v) is 11.8. The van der Waals surface area contributed by atoms with Gasteiger partial charge in [-0.3, -0.25) is 9.78 Å². The maximum atomic E-state index is 12.5. The van der Waals surface area contributed by atoms with E-state index < -0.39 is 0 Å². The molecule has 3 atom stereocenters. The molecule has 7 nitrogen and oxygen atoms in total. The van der Waals surface area contributed by atoms with E-state index >= 15 is 0 Å². The van der Waals surface area contributed by atoms with E-state index in [1.54, 1.807) is 12.3 Å². The fraction of sp³-hybridized carbons (Fsp3) is 0.333. The fourth-order valence-electron chi connectivity index (χ4n) is 4.70. The van der Waals surface area contributed by atoms with Crippen LogP contribution in [0.15, 0.2) is 64.2 Å². The summed E-state index contributed by atoms with van der Waals surface area (Å²) < 4.78 is 7.53. The van der Waals surface area contributed by atoms with Crippen LogP contribution in [-0.4, -0.2) is 19.7 Å². The van der Waals surface area contributed by atoms with Gasteiger partial charge in [-0.05, 0) is 56.7 Å². The van der Waals surface area contributed by atoms with E-state index in [9.17, 15) is 4.79 Å². The molecule has 1 aliphatic carbocycles. The molecule has 180 valence electrons. The van der Waals surface area contributed by atoms with Gasteiger partial charge in [0.1, 0.15) is 11.4 Å². The summed E-state index contributed by atoms with van der Waals surface area (Å²) in [7, 11) is 0. The first-order valence-electron chi connectivity index (χ1n) is 11.8. The molecule has 3 unspecified atom stereocenters. The Morgan fingerprint density at radius 2 is 2.00 bits per heavy atom. The molecule has 7 heteroatoms. The number of pyridine rings is 1. The Balaban J connectivity index is 0.00000160. The normalized spacial score (nSPS) is 18.8. The predicted molar refractivity (Wildman–Crippen MR) is 138 cm³/mol. The molecule has 1 fully saturated rings. The number of nitrogens with zero attached hydrogens (tertiary/aromatic N) is 4. The van der Waals surface area contributed by atoms with Gasteiger partial charge < -0.3 is 14.8 Å². The molecule has 5 rings (SSSR count). The summed E-state index contributed by atoms with van der Waals surface area (Å²) in [5.74, 6) is 1.19.